The van der Waals surface area contributed by atoms with Gasteiger partial charge in [0.2, 0.25) is 0 Å². The fourth-order valence-electron chi connectivity index (χ4n) is 1.78. The van der Waals surface area contributed by atoms with Crippen molar-refractivity contribution in [2.24, 2.45) is 4.99 Å². The molecule has 0 aliphatic rings. The fourth-order valence-corrected chi connectivity index (χ4v) is 1.78. The van der Waals surface area contributed by atoms with Crippen LogP contribution in [0.1, 0.15) is 79.1 Å². The van der Waals surface area contributed by atoms with E-state index in [0.29, 0.717) is 6.04 Å². The maximum atomic E-state index is 4.74. The first-order chi connectivity index (χ1) is 7.20. The molecule has 0 aliphatic heterocycles. The zero-order valence-electron chi connectivity index (χ0n) is 11.2. The average Bonchev–Trinajstić information content (AvgIpc) is 2.17. The van der Waals surface area contributed by atoms with Gasteiger partial charge >= 0.3 is 0 Å². The first kappa shape index (κ1) is 14.7. The van der Waals surface area contributed by atoms with E-state index in [0.717, 1.165) is 0 Å². The van der Waals surface area contributed by atoms with E-state index in [1.54, 1.807) is 0 Å². The molecule has 0 radical (unpaired) electrons. The minimum absolute atomic E-state index is 0.475. The Kier molecular flexibility index (Phi) is 9.97. The molecular weight excluding hydrogens is 182 g/mol. The Bertz CT molecular complexity index is 147. The number of aliphatic imine (C=N–C) groups is 1. The van der Waals surface area contributed by atoms with Crippen LogP contribution in [0.3, 0.4) is 0 Å². The molecule has 1 nitrogen and oxygen atoms in total. The molecule has 0 aromatic heterocycles. The van der Waals surface area contributed by atoms with Crippen molar-refractivity contribution in [2.75, 3.05) is 0 Å². The summed E-state index contributed by atoms with van der Waals surface area (Å²) in [5, 5.41) is 0. The van der Waals surface area contributed by atoms with Gasteiger partial charge < -0.3 is 0 Å². The lowest BCUT2D eigenvalue weighted by Crippen LogP contribution is -2.03. The molecule has 0 aromatic carbocycles. The van der Waals surface area contributed by atoms with Gasteiger partial charge in [-0.2, -0.15) is 0 Å². The topological polar surface area (TPSA) is 12.4 Å². The van der Waals surface area contributed by atoms with Gasteiger partial charge in [0, 0.05) is 11.8 Å². The normalized spacial score (nSPS) is 10.7. The SMILES string of the molecule is CCCCCC(CCCCC)=NC(C)C. The second-order valence-electron chi connectivity index (χ2n) is 4.70. The minimum atomic E-state index is 0.475. The Morgan fingerprint density at radius 3 is 1.67 bits per heavy atom. The van der Waals surface area contributed by atoms with Gasteiger partial charge in [0.25, 0.3) is 0 Å². The van der Waals surface area contributed by atoms with Crippen LogP contribution in [-0.2, 0) is 0 Å². The standard InChI is InChI=1S/C14H29N/c1-5-7-9-11-14(15-13(3)4)12-10-8-6-2/h13H,5-12H2,1-4H3. The molecule has 0 spiro atoms. The molecular formula is C14H29N. The molecule has 0 rings (SSSR count). The van der Waals surface area contributed by atoms with Gasteiger partial charge in [0.1, 0.15) is 0 Å². The highest BCUT2D eigenvalue weighted by Gasteiger charge is 2.00. The highest BCUT2D eigenvalue weighted by Crippen LogP contribution is 2.09. The predicted octanol–water partition coefficient (Wildman–Crippen LogP) is 5.00. The Morgan fingerprint density at radius 2 is 1.33 bits per heavy atom. The molecule has 0 bridgehead atoms. The van der Waals surface area contributed by atoms with Crippen LogP contribution in [-0.4, -0.2) is 11.8 Å². The van der Waals surface area contributed by atoms with Crippen molar-refractivity contribution in [1.82, 2.24) is 0 Å². The molecule has 0 aliphatic carbocycles. The lowest BCUT2D eigenvalue weighted by atomic mass is 10.0. The van der Waals surface area contributed by atoms with Gasteiger partial charge in [0.15, 0.2) is 0 Å². The second kappa shape index (κ2) is 10.2. The zero-order chi connectivity index (χ0) is 11.5. The molecule has 90 valence electrons. The van der Waals surface area contributed by atoms with Gasteiger partial charge in [-0.3, -0.25) is 4.99 Å². The number of hydrogen-bond acceptors (Lipinski definition) is 1. The molecule has 15 heavy (non-hydrogen) atoms. The van der Waals surface area contributed by atoms with E-state index < -0.39 is 0 Å². The van der Waals surface area contributed by atoms with Crippen molar-refractivity contribution in [3.05, 3.63) is 0 Å². The Labute approximate surface area is 96.4 Å². The zero-order valence-corrected chi connectivity index (χ0v) is 11.2. The lowest BCUT2D eigenvalue weighted by Gasteiger charge is -2.08. The summed E-state index contributed by atoms with van der Waals surface area (Å²) < 4.78 is 0. The first-order valence-electron chi connectivity index (χ1n) is 6.76. The molecule has 0 heterocycles. The third-order valence-electron chi connectivity index (χ3n) is 2.58. The third-order valence-corrected chi connectivity index (χ3v) is 2.58. The molecule has 0 fully saturated rings. The smallest absolute Gasteiger partial charge is 0.0442 e. The van der Waals surface area contributed by atoms with E-state index in [-0.39, 0.29) is 0 Å². The quantitative estimate of drug-likeness (QED) is 0.376. The van der Waals surface area contributed by atoms with E-state index >= 15 is 0 Å². The third kappa shape index (κ3) is 9.96. The summed E-state index contributed by atoms with van der Waals surface area (Å²) >= 11 is 0. The second-order valence-corrected chi connectivity index (χ2v) is 4.70. The number of unbranched alkanes of at least 4 members (excludes halogenated alkanes) is 4. The van der Waals surface area contributed by atoms with Crippen LogP contribution in [0.2, 0.25) is 0 Å². The molecule has 0 aromatic rings. The number of nitrogens with zero attached hydrogens (tertiary/aromatic N) is 1. The maximum Gasteiger partial charge on any atom is 0.0442 e. The monoisotopic (exact) mass is 211 g/mol. The predicted molar refractivity (Wildman–Crippen MR) is 70.9 cm³/mol. The minimum Gasteiger partial charge on any atom is -0.291 e. The number of hydrogen-bond donors (Lipinski definition) is 0. The summed E-state index contributed by atoms with van der Waals surface area (Å²) in [5.74, 6) is 0. The van der Waals surface area contributed by atoms with Crippen LogP contribution in [0.15, 0.2) is 4.99 Å². The van der Waals surface area contributed by atoms with Crippen molar-refractivity contribution in [3.8, 4) is 0 Å². The van der Waals surface area contributed by atoms with Gasteiger partial charge in [-0.25, -0.2) is 0 Å². The van der Waals surface area contributed by atoms with Crippen molar-refractivity contribution in [1.29, 1.82) is 0 Å². The molecule has 0 amide bonds. The Morgan fingerprint density at radius 1 is 0.867 bits per heavy atom. The summed E-state index contributed by atoms with van der Waals surface area (Å²) in [6.07, 6.45) is 10.4. The largest absolute Gasteiger partial charge is 0.291 e. The first-order valence-corrected chi connectivity index (χ1v) is 6.76. The van der Waals surface area contributed by atoms with E-state index in [4.69, 9.17) is 4.99 Å². The highest BCUT2D eigenvalue weighted by atomic mass is 14.8. The van der Waals surface area contributed by atoms with Gasteiger partial charge in [0.05, 0.1) is 0 Å². The summed E-state index contributed by atoms with van der Waals surface area (Å²) in [4.78, 5) is 4.74. The highest BCUT2D eigenvalue weighted by molar-refractivity contribution is 5.84. The van der Waals surface area contributed by atoms with E-state index in [9.17, 15) is 0 Å². The van der Waals surface area contributed by atoms with Crippen molar-refractivity contribution < 1.29 is 0 Å². The summed E-state index contributed by atoms with van der Waals surface area (Å²) in [6, 6.07) is 0.475. The van der Waals surface area contributed by atoms with Crippen LogP contribution in [0.5, 0.6) is 0 Å². The van der Waals surface area contributed by atoms with Crippen molar-refractivity contribution >= 4 is 5.71 Å². The Hall–Kier alpha value is -0.330. The van der Waals surface area contributed by atoms with Crippen LogP contribution in [0, 0.1) is 0 Å². The van der Waals surface area contributed by atoms with Crippen molar-refractivity contribution in [2.45, 2.75) is 85.1 Å². The molecule has 0 atom stereocenters. The molecule has 0 unspecified atom stereocenters. The maximum absolute atomic E-state index is 4.74. The molecule has 0 saturated carbocycles. The van der Waals surface area contributed by atoms with E-state index in [1.165, 1.54) is 57.1 Å². The van der Waals surface area contributed by atoms with Crippen LogP contribution in [0.25, 0.3) is 0 Å². The van der Waals surface area contributed by atoms with E-state index in [1.807, 2.05) is 0 Å². The van der Waals surface area contributed by atoms with Crippen LogP contribution < -0.4 is 0 Å². The van der Waals surface area contributed by atoms with Crippen LogP contribution in [0.4, 0.5) is 0 Å². The van der Waals surface area contributed by atoms with Crippen LogP contribution >= 0.6 is 0 Å². The Balaban J connectivity index is 3.85. The van der Waals surface area contributed by atoms with Gasteiger partial charge in [-0.15, -0.1) is 0 Å². The van der Waals surface area contributed by atoms with Gasteiger partial charge in [-0.1, -0.05) is 39.5 Å². The number of rotatable bonds is 9. The summed E-state index contributed by atoms with van der Waals surface area (Å²) in [7, 11) is 0. The molecule has 1 heteroatoms. The van der Waals surface area contributed by atoms with E-state index in [2.05, 4.69) is 27.7 Å². The fraction of sp³-hybridized carbons (Fsp3) is 0.929. The lowest BCUT2D eigenvalue weighted by molar-refractivity contribution is 0.700. The van der Waals surface area contributed by atoms with Crippen molar-refractivity contribution in [3.63, 3.8) is 0 Å². The summed E-state index contributed by atoms with van der Waals surface area (Å²) in [5.41, 5.74) is 1.46. The van der Waals surface area contributed by atoms with Gasteiger partial charge in [-0.05, 0) is 39.5 Å². The molecule has 0 saturated heterocycles. The summed E-state index contributed by atoms with van der Waals surface area (Å²) in [6.45, 7) is 8.88. The average molecular weight is 211 g/mol. The molecule has 0 N–H and O–H groups in total.